The van der Waals surface area contributed by atoms with Crippen LogP contribution in [0.15, 0.2) is 78.9 Å². The number of hydrogen-bond acceptors (Lipinski definition) is 3. The predicted octanol–water partition coefficient (Wildman–Crippen LogP) is 4.76. The number of aryl methyl sites for hydroxylation is 1. The number of carbonyl (C=O) groups excluding carboxylic acids is 2. The molecule has 0 bridgehead atoms. The summed E-state index contributed by atoms with van der Waals surface area (Å²) in [5.74, 6) is -0.0991. The van der Waals surface area contributed by atoms with Crippen molar-refractivity contribution in [1.29, 1.82) is 0 Å². The van der Waals surface area contributed by atoms with Crippen LogP contribution in [-0.2, 0) is 22.7 Å². The van der Waals surface area contributed by atoms with Crippen molar-refractivity contribution < 1.29 is 14.3 Å². The van der Waals surface area contributed by atoms with E-state index in [9.17, 15) is 9.59 Å². The highest BCUT2D eigenvalue weighted by molar-refractivity contribution is 6.32. The minimum absolute atomic E-state index is 0.216. The average molecular weight is 451 g/mol. The lowest BCUT2D eigenvalue weighted by molar-refractivity contribution is -0.142. The zero-order chi connectivity index (χ0) is 22.9. The predicted molar refractivity (Wildman–Crippen MR) is 126 cm³/mol. The normalized spacial score (nSPS) is 11.5. The van der Waals surface area contributed by atoms with Gasteiger partial charge in [0.1, 0.15) is 11.8 Å². The molecule has 32 heavy (non-hydrogen) atoms. The first-order valence-corrected chi connectivity index (χ1v) is 10.9. The summed E-state index contributed by atoms with van der Waals surface area (Å²) < 4.78 is 5.63. The lowest BCUT2D eigenvalue weighted by Gasteiger charge is -2.29. The Labute approximate surface area is 194 Å². The summed E-state index contributed by atoms with van der Waals surface area (Å²) in [5, 5.41) is 3.36. The van der Waals surface area contributed by atoms with Crippen molar-refractivity contribution >= 4 is 23.4 Å². The Balaban J connectivity index is 1.68. The van der Waals surface area contributed by atoms with E-state index in [4.69, 9.17) is 16.3 Å². The topological polar surface area (TPSA) is 58.6 Å². The second-order valence-corrected chi connectivity index (χ2v) is 8.01. The summed E-state index contributed by atoms with van der Waals surface area (Å²) in [5.41, 5.74) is 3.09. The van der Waals surface area contributed by atoms with Gasteiger partial charge in [-0.3, -0.25) is 9.59 Å². The largest absolute Gasteiger partial charge is 0.482 e. The number of amides is 2. The Hall–Kier alpha value is -3.31. The van der Waals surface area contributed by atoms with Crippen molar-refractivity contribution in [2.45, 2.75) is 33.0 Å². The van der Waals surface area contributed by atoms with Crippen molar-refractivity contribution in [3.8, 4) is 5.75 Å². The summed E-state index contributed by atoms with van der Waals surface area (Å²) in [6.45, 7) is 4.22. The molecule has 0 radical (unpaired) electrons. The van der Waals surface area contributed by atoms with E-state index in [0.29, 0.717) is 23.9 Å². The van der Waals surface area contributed by atoms with E-state index in [1.165, 1.54) is 4.90 Å². The van der Waals surface area contributed by atoms with E-state index in [1.807, 2.05) is 61.5 Å². The summed E-state index contributed by atoms with van der Waals surface area (Å²) in [4.78, 5) is 27.5. The Kier molecular flexibility index (Phi) is 8.28. The molecule has 1 atom stereocenters. The molecule has 0 saturated heterocycles. The fourth-order valence-corrected chi connectivity index (χ4v) is 3.38. The fraction of sp³-hybridized carbons (Fsp3) is 0.231. The van der Waals surface area contributed by atoms with Gasteiger partial charge in [-0.05, 0) is 37.1 Å². The van der Waals surface area contributed by atoms with E-state index in [1.54, 1.807) is 31.2 Å². The number of ether oxygens (including phenoxy) is 1. The van der Waals surface area contributed by atoms with Gasteiger partial charge in [0, 0.05) is 13.1 Å². The number of hydrogen-bond donors (Lipinski definition) is 1. The van der Waals surface area contributed by atoms with E-state index in [0.717, 1.165) is 16.7 Å². The van der Waals surface area contributed by atoms with Crippen LogP contribution in [0.3, 0.4) is 0 Å². The molecule has 0 aliphatic carbocycles. The lowest BCUT2D eigenvalue weighted by Crippen LogP contribution is -2.48. The van der Waals surface area contributed by atoms with E-state index in [-0.39, 0.29) is 18.4 Å². The SMILES string of the molecule is Cc1ccc(CNC(=O)[C@@H](C)N(Cc2ccccc2)C(=O)COc2ccccc2Cl)cc1. The van der Waals surface area contributed by atoms with Crippen molar-refractivity contribution in [2.24, 2.45) is 0 Å². The maximum atomic E-state index is 13.1. The Morgan fingerprint density at radius 3 is 2.28 bits per heavy atom. The Morgan fingerprint density at radius 1 is 0.938 bits per heavy atom. The maximum absolute atomic E-state index is 13.1. The zero-order valence-corrected chi connectivity index (χ0v) is 19.0. The highest BCUT2D eigenvalue weighted by Gasteiger charge is 2.26. The molecule has 2 amide bonds. The molecule has 0 saturated carbocycles. The first-order valence-electron chi connectivity index (χ1n) is 10.5. The van der Waals surface area contributed by atoms with Gasteiger partial charge in [0.15, 0.2) is 6.61 Å². The number of carbonyl (C=O) groups is 2. The second kappa shape index (κ2) is 11.3. The number of rotatable bonds is 9. The molecule has 0 aromatic heterocycles. The quantitative estimate of drug-likeness (QED) is 0.511. The Morgan fingerprint density at radius 2 is 1.59 bits per heavy atom. The van der Waals surface area contributed by atoms with Gasteiger partial charge < -0.3 is 15.0 Å². The van der Waals surface area contributed by atoms with Gasteiger partial charge >= 0.3 is 0 Å². The summed E-state index contributed by atoms with van der Waals surface area (Å²) in [6, 6.07) is 23.8. The Bertz CT molecular complexity index is 1040. The third-order valence-corrected chi connectivity index (χ3v) is 5.45. The molecule has 5 nitrogen and oxygen atoms in total. The van der Waals surface area contributed by atoms with Crippen LogP contribution in [0.5, 0.6) is 5.75 Å². The smallest absolute Gasteiger partial charge is 0.261 e. The molecule has 3 aromatic carbocycles. The summed E-state index contributed by atoms with van der Waals surface area (Å²) in [6.07, 6.45) is 0. The average Bonchev–Trinajstić information content (AvgIpc) is 2.81. The monoisotopic (exact) mass is 450 g/mol. The van der Waals surface area contributed by atoms with Crippen LogP contribution in [-0.4, -0.2) is 29.4 Å². The lowest BCUT2D eigenvalue weighted by atomic mass is 10.1. The van der Waals surface area contributed by atoms with Crippen LogP contribution in [0, 0.1) is 6.92 Å². The molecule has 0 aliphatic heterocycles. The molecule has 3 aromatic rings. The van der Waals surface area contributed by atoms with Crippen LogP contribution in [0.4, 0.5) is 0 Å². The third kappa shape index (κ3) is 6.59. The van der Waals surface area contributed by atoms with Gasteiger partial charge in [0.05, 0.1) is 5.02 Å². The van der Waals surface area contributed by atoms with Crippen LogP contribution in [0.2, 0.25) is 5.02 Å². The highest BCUT2D eigenvalue weighted by Crippen LogP contribution is 2.23. The fourth-order valence-electron chi connectivity index (χ4n) is 3.19. The van der Waals surface area contributed by atoms with Crippen molar-refractivity contribution in [3.05, 3.63) is 101 Å². The van der Waals surface area contributed by atoms with Gasteiger partial charge in [-0.1, -0.05) is 83.9 Å². The number of halogens is 1. The second-order valence-electron chi connectivity index (χ2n) is 7.61. The summed E-state index contributed by atoms with van der Waals surface area (Å²) in [7, 11) is 0. The molecule has 0 fully saturated rings. The number of nitrogens with one attached hydrogen (secondary N) is 1. The molecule has 3 rings (SSSR count). The van der Waals surface area contributed by atoms with E-state index < -0.39 is 6.04 Å². The minimum atomic E-state index is -0.678. The molecule has 1 N–H and O–H groups in total. The zero-order valence-electron chi connectivity index (χ0n) is 18.3. The molecule has 6 heteroatoms. The van der Waals surface area contributed by atoms with Gasteiger partial charge in [-0.15, -0.1) is 0 Å². The molecule has 0 spiro atoms. The van der Waals surface area contributed by atoms with Gasteiger partial charge in [0.25, 0.3) is 5.91 Å². The number of benzene rings is 3. The molecular weight excluding hydrogens is 424 g/mol. The third-order valence-electron chi connectivity index (χ3n) is 5.14. The minimum Gasteiger partial charge on any atom is -0.482 e. The first kappa shape index (κ1) is 23.4. The first-order chi connectivity index (χ1) is 15.4. The number of nitrogens with zero attached hydrogens (tertiary/aromatic N) is 1. The van der Waals surface area contributed by atoms with Crippen LogP contribution in [0.25, 0.3) is 0 Å². The van der Waals surface area contributed by atoms with Gasteiger partial charge in [-0.2, -0.15) is 0 Å². The van der Waals surface area contributed by atoms with Gasteiger partial charge in [-0.25, -0.2) is 0 Å². The molecular formula is C26H27ClN2O3. The molecule has 0 unspecified atom stereocenters. The molecule has 0 heterocycles. The van der Waals surface area contributed by atoms with E-state index in [2.05, 4.69) is 5.32 Å². The summed E-state index contributed by atoms with van der Waals surface area (Å²) >= 11 is 6.13. The molecule has 166 valence electrons. The van der Waals surface area contributed by atoms with E-state index >= 15 is 0 Å². The van der Waals surface area contributed by atoms with Crippen LogP contribution >= 0.6 is 11.6 Å². The van der Waals surface area contributed by atoms with Crippen molar-refractivity contribution in [1.82, 2.24) is 10.2 Å². The molecule has 0 aliphatic rings. The van der Waals surface area contributed by atoms with Crippen molar-refractivity contribution in [3.63, 3.8) is 0 Å². The number of para-hydroxylation sites is 1. The van der Waals surface area contributed by atoms with Crippen LogP contribution in [0.1, 0.15) is 23.6 Å². The van der Waals surface area contributed by atoms with Crippen molar-refractivity contribution in [2.75, 3.05) is 6.61 Å². The maximum Gasteiger partial charge on any atom is 0.261 e. The van der Waals surface area contributed by atoms with Crippen LogP contribution < -0.4 is 10.1 Å². The highest BCUT2D eigenvalue weighted by atomic mass is 35.5. The van der Waals surface area contributed by atoms with Gasteiger partial charge in [0.2, 0.25) is 5.91 Å². The standard InChI is InChI=1S/C26H27ClN2O3/c1-19-12-14-21(15-13-19)16-28-26(31)20(2)29(17-22-8-4-3-5-9-22)25(30)18-32-24-11-7-6-10-23(24)27/h3-15,20H,16-18H2,1-2H3,(H,28,31)/t20-/m1/s1.